The third-order valence-corrected chi connectivity index (χ3v) is 3.20. The molecule has 0 N–H and O–H groups in total. The summed E-state index contributed by atoms with van der Waals surface area (Å²) in [5, 5.41) is -0.238. The lowest BCUT2D eigenvalue weighted by atomic mass is 10.4. The van der Waals surface area contributed by atoms with Gasteiger partial charge < -0.3 is 4.74 Å². The first-order valence-corrected chi connectivity index (χ1v) is 6.55. The molecule has 0 bridgehead atoms. The molecular formula is C8H5ClF2N2O3S. The molecule has 2 aromatic rings. The number of imidazole rings is 1. The molecule has 92 valence electrons. The molecule has 9 heteroatoms. The molecule has 0 saturated heterocycles. The van der Waals surface area contributed by atoms with Crippen LogP contribution < -0.4 is 4.74 Å². The van der Waals surface area contributed by atoms with Crippen molar-refractivity contribution in [2.24, 2.45) is 0 Å². The summed E-state index contributed by atoms with van der Waals surface area (Å²) >= 11 is 0. The number of pyridine rings is 1. The van der Waals surface area contributed by atoms with Crippen LogP contribution in [0.4, 0.5) is 8.78 Å². The highest BCUT2D eigenvalue weighted by atomic mass is 35.7. The van der Waals surface area contributed by atoms with Gasteiger partial charge in [-0.05, 0) is 6.07 Å². The van der Waals surface area contributed by atoms with Crippen LogP contribution in [0.1, 0.15) is 0 Å². The second-order valence-electron chi connectivity index (χ2n) is 3.00. The van der Waals surface area contributed by atoms with Crippen molar-refractivity contribution in [2.45, 2.75) is 11.6 Å². The Bertz CT molecular complexity index is 656. The van der Waals surface area contributed by atoms with E-state index in [1.54, 1.807) is 0 Å². The van der Waals surface area contributed by atoms with Crippen LogP contribution in [0.5, 0.6) is 5.75 Å². The van der Waals surface area contributed by atoms with Gasteiger partial charge >= 0.3 is 6.61 Å². The maximum Gasteiger partial charge on any atom is 0.387 e. The van der Waals surface area contributed by atoms with Gasteiger partial charge in [0.15, 0.2) is 5.03 Å². The molecule has 0 spiro atoms. The topological polar surface area (TPSA) is 60.7 Å². The highest BCUT2D eigenvalue weighted by Crippen LogP contribution is 2.21. The Morgan fingerprint density at radius 1 is 1.47 bits per heavy atom. The van der Waals surface area contributed by atoms with Crippen molar-refractivity contribution < 1.29 is 21.9 Å². The van der Waals surface area contributed by atoms with Gasteiger partial charge in [0.2, 0.25) is 0 Å². The van der Waals surface area contributed by atoms with E-state index >= 15 is 0 Å². The summed E-state index contributed by atoms with van der Waals surface area (Å²) in [6.45, 7) is -2.95. The predicted molar refractivity (Wildman–Crippen MR) is 54.9 cm³/mol. The second kappa shape index (κ2) is 4.11. The highest BCUT2D eigenvalue weighted by Gasteiger charge is 2.16. The van der Waals surface area contributed by atoms with Gasteiger partial charge in [0.1, 0.15) is 11.4 Å². The maximum atomic E-state index is 11.9. The molecular weight excluding hydrogens is 278 g/mol. The summed E-state index contributed by atoms with van der Waals surface area (Å²) < 4.78 is 51.4. The molecule has 2 rings (SSSR count). The number of nitrogens with zero attached hydrogens (tertiary/aromatic N) is 2. The Labute approximate surface area is 99.0 Å². The van der Waals surface area contributed by atoms with E-state index < -0.39 is 15.7 Å². The number of hydrogen-bond donors (Lipinski definition) is 0. The molecule has 17 heavy (non-hydrogen) atoms. The largest absolute Gasteiger partial charge is 0.435 e. The minimum absolute atomic E-state index is 0.114. The van der Waals surface area contributed by atoms with Crippen molar-refractivity contribution in [1.82, 2.24) is 9.38 Å². The van der Waals surface area contributed by atoms with E-state index in [2.05, 4.69) is 9.72 Å². The lowest BCUT2D eigenvalue weighted by Gasteiger charge is -2.04. The molecule has 2 heterocycles. The fraction of sp³-hybridized carbons (Fsp3) is 0.125. The molecule has 0 aliphatic rings. The quantitative estimate of drug-likeness (QED) is 0.806. The highest BCUT2D eigenvalue weighted by molar-refractivity contribution is 8.13. The minimum Gasteiger partial charge on any atom is -0.435 e. The van der Waals surface area contributed by atoms with Crippen LogP contribution in [-0.2, 0) is 9.05 Å². The van der Waals surface area contributed by atoms with Crippen molar-refractivity contribution in [3.8, 4) is 5.75 Å². The lowest BCUT2D eigenvalue weighted by Crippen LogP contribution is -2.03. The average molecular weight is 283 g/mol. The molecule has 0 radical (unpaired) electrons. The molecule has 0 amide bonds. The van der Waals surface area contributed by atoms with Gasteiger partial charge in [0.25, 0.3) is 9.05 Å². The SMILES string of the molecule is O=S(=O)(Cl)c1cnc2cc(OC(F)F)ccn12. The van der Waals surface area contributed by atoms with Gasteiger partial charge in [0.05, 0.1) is 6.20 Å². The molecule has 0 unspecified atom stereocenters. The van der Waals surface area contributed by atoms with Gasteiger partial charge in [-0.1, -0.05) is 0 Å². The van der Waals surface area contributed by atoms with Crippen LogP contribution in [0.15, 0.2) is 29.6 Å². The lowest BCUT2D eigenvalue weighted by molar-refractivity contribution is -0.0498. The Balaban J connectivity index is 2.52. The maximum absolute atomic E-state index is 11.9. The summed E-state index contributed by atoms with van der Waals surface area (Å²) in [5.41, 5.74) is 0.141. The van der Waals surface area contributed by atoms with Gasteiger partial charge in [0, 0.05) is 22.9 Å². The summed E-state index contributed by atoms with van der Waals surface area (Å²) in [5.74, 6) is -0.114. The predicted octanol–water partition coefficient (Wildman–Crippen LogP) is 1.86. The van der Waals surface area contributed by atoms with Gasteiger partial charge in [-0.3, -0.25) is 4.40 Å². The molecule has 0 fully saturated rings. The van der Waals surface area contributed by atoms with Gasteiger partial charge in [-0.2, -0.15) is 8.78 Å². The number of rotatable bonds is 3. The summed E-state index contributed by atoms with van der Waals surface area (Å²) in [6, 6.07) is 2.37. The zero-order chi connectivity index (χ0) is 12.6. The average Bonchev–Trinajstić information content (AvgIpc) is 2.58. The van der Waals surface area contributed by atoms with E-state index in [-0.39, 0.29) is 16.4 Å². The first kappa shape index (κ1) is 12.1. The zero-order valence-electron chi connectivity index (χ0n) is 8.05. The smallest absolute Gasteiger partial charge is 0.387 e. The molecule has 0 atom stereocenters. The monoisotopic (exact) mass is 282 g/mol. The Morgan fingerprint density at radius 2 is 2.18 bits per heavy atom. The van der Waals surface area contributed by atoms with Crippen molar-refractivity contribution in [3.63, 3.8) is 0 Å². The van der Waals surface area contributed by atoms with E-state index in [9.17, 15) is 17.2 Å². The molecule has 5 nitrogen and oxygen atoms in total. The fourth-order valence-corrected chi connectivity index (χ4v) is 2.21. The first-order chi connectivity index (χ1) is 7.88. The molecule has 0 aliphatic heterocycles. The second-order valence-corrected chi connectivity index (χ2v) is 5.52. The third kappa shape index (κ3) is 2.47. The Morgan fingerprint density at radius 3 is 2.76 bits per heavy atom. The molecule has 0 aliphatic carbocycles. The number of hydrogen-bond acceptors (Lipinski definition) is 4. The van der Waals surface area contributed by atoms with E-state index in [0.29, 0.717) is 0 Å². The molecule has 2 aromatic heterocycles. The van der Waals surface area contributed by atoms with Crippen LogP contribution in [0, 0.1) is 0 Å². The normalized spacial score (nSPS) is 12.2. The Hall–Kier alpha value is -1.41. The van der Waals surface area contributed by atoms with E-state index in [0.717, 1.165) is 10.6 Å². The molecule has 0 aromatic carbocycles. The van der Waals surface area contributed by atoms with Crippen molar-refractivity contribution in [2.75, 3.05) is 0 Å². The van der Waals surface area contributed by atoms with Crippen LogP contribution in [0.3, 0.4) is 0 Å². The van der Waals surface area contributed by atoms with E-state index in [4.69, 9.17) is 10.7 Å². The van der Waals surface area contributed by atoms with Crippen molar-refractivity contribution in [3.05, 3.63) is 24.5 Å². The van der Waals surface area contributed by atoms with Crippen molar-refractivity contribution >= 4 is 25.4 Å². The summed E-state index contributed by atoms with van der Waals surface area (Å²) in [7, 11) is 1.22. The number of fused-ring (bicyclic) bond motifs is 1. The van der Waals surface area contributed by atoms with E-state index in [1.807, 2.05) is 0 Å². The first-order valence-electron chi connectivity index (χ1n) is 4.24. The summed E-state index contributed by atoms with van der Waals surface area (Å²) in [6.07, 6.45) is 2.26. The van der Waals surface area contributed by atoms with Crippen molar-refractivity contribution in [1.29, 1.82) is 0 Å². The summed E-state index contributed by atoms with van der Waals surface area (Å²) in [4.78, 5) is 3.73. The van der Waals surface area contributed by atoms with E-state index in [1.165, 1.54) is 18.3 Å². The third-order valence-electron chi connectivity index (χ3n) is 1.93. The van der Waals surface area contributed by atoms with Crippen LogP contribution >= 0.6 is 10.7 Å². The Kier molecular flexibility index (Phi) is 2.92. The van der Waals surface area contributed by atoms with Gasteiger partial charge in [-0.25, -0.2) is 13.4 Å². The standard InChI is InChI=1S/C8H5ClF2N2O3S/c9-17(14,15)7-4-12-6-3-5(16-8(10)11)1-2-13(6)7/h1-4,8H. The van der Waals surface area contributed by atoms with Crippen LogP contribution in [0.25, 0.3) is 5.65 Å². The fourth-order valence-electron chi connectivity index (χ4n) is 1.30. The number of halogens is 3. The number of alkyl halides is 2. The van der Waals surface area contributed by atoms with Crippen LogP contribution in [-0.4, -0.2) is 24.4 Å². The number of ether oxygens (including phenoxy) is 1. The van der Waals surface area contributed by atoms with Crippen LogP contribution in [0.2, 0.25) is 0 Å². The van der Waals surface area contributed by atoms with Gasteiger partial charge in [-0.15, -0.1) is 0 Å². The zero-order valence-corrected chi connectivity index (χ0v) is 9.62. The minimum atomic E-state index is -3.94. The molecule has 0 saturated carbocycles. The number of aromatic nitrogens is 2.